The molecular weight excluding hydrogens is 283 g/mol. The van der Waals surface area contributed by atoms with Crippen molar-refractivity contribution in [3.8, 4) is 11.1 Å². The number of nitrogens with two attached hydrogens (primary N) is 1. The normalized spacial score (nSPS) is 11.1. The fourth-order valence-electron chi connectivity index (χ4n) is 1.95. The third-order valence-electron chi connectivity index (χ3n) is 2.85. The van der Waals surface area contributed by atoms with E-state index in [0.717, 1.165) is 11.1 Å². The van der Waals surface area contributed by atoms with Gasteiger partial charge < -0.3 is 10.5 Å². The minimum absolute atomic E-state index is 0.368. The number of hydrogen-bond donors (Lipinski definition) is 2. The highest BCUT2D eigenvalue weighted by Gasteiger charge is 2.16. The van der Waals surface area contributed by atoms with Gasteiger partial charge in [-0.3, -0.25) is 5.32 Å². The lowest BCUT2D eigenvalue weighted by Gasteiger charge is -2.19. The summed E-state index contributed by atoms with van der Waals surface area (Å²) >= 11 is 0. The molecule has 0 aliphatic rings. The Morgan fingerprint density at radius 3 is 2.32 bits per heavy atom. The highest BCUT2D eigenvalue weighted by molar-refractivity contribution is 5.86. The molecule has 4 nitrogen and oxygen atoms in total. The number of anilines is 2. The zero-order valence-electron chi connectivity index (χ0n) is 12.8. The number of rotatable bonds is 2. The molecule has 0 atom stereocenters. The second kappa shape index (κ2) is 6.05. The molecule has 0 unspecified atom stereocenters. The van der Waals surface area contributed by atoms with Crippen LogP contribution in [-0.4, -0.2) is 11.7 Å². The summed E-state index contributed by atoms with van der Waals surface area (Å²) in [6.45, 7) is 5.40. The van der Waals surface area contributed by atoms with Crippen molar-refractivity contribution in [1.82, 2.24) is 0 Å². The van der Waals surface area contributed by atoms with Crippen LogP contribution in [0.4, 0.5) is 20.6 Å². The summed E-state index contributed by atoms with van der Waals surface area (Å²) in [5, 5.41) is 2.65. The minimum Gasteiger partial charge on any atom is -0.444 e. The lowest BCUT2D eigenvalue weighted by Crippen LogP contribution is -2.27. The predicted molar refractivity (Wildman–Crippen MR) is 86.1 cm³/mol. The smallest absolute Gasteiger partial charge is 0.412 e. The van der Waals surface area contributed by atoms with E-state index >= 15 is 0 Å². The maximum atomic E-state index is 13.1. The molecule has 3 N–H and O–H groups in total. The summed E-state index contributed by atoms with van der Waals surface area (Å²) in [5.74, 6) is -0.371. The number of nitrogens with one attached hydrogen (secondary N) is 1. The van der Waals surface area contributed by atoms with Crippen molar-refractivity contribution >= 4 is 17.5 Å². The van der Waals surface area contributed by atoms with Gasteiger partial charge in [-0.15, -0.1) is 0 Å². The Bertz CT molecular complexity index is 676. The van der Waals surface area contributed by atoms with Gasteiger partial charge in [-0.2, -0.15) is 0 Å². The number of benzene rings is 2. The summed E-state index contributed by atoms with van der Waals surface area (Å²) in [5.41, 5.74) is 7.82. The van der Waals surface area contributed by atoms with Crippen LogP contribution in [0.2, 0.25) is 0 Å². The fraction of sp³-hybridized carbons (Fsp3) is 0.235. The Labute approximate surface area is 129 Å². The molecule has 0 bridgehead atoms. The van der Waals surface area contributed by atoms with Crippen molar-refractivity contribution in [3.05, 3.63) is 48.3 Å². The number of amides is 1. The molecule has 2 aromatic carbocycles. The minimum atomic E-state index is -0.549. The molecule has 0 saturated carbocycles. The van der Waals surface area contributed by atoms with Crippen LogP contribution < -0.4 is 11.1 Å². The van der Waals surface area contributed by atoms with Gasteiger partial charge in [0.1, 0.15) is 11.4 Å². The Kier molecular flexibility index (Phi) is 4.35. The lowest BCUT2D eigenvalue weighted by atomic mass is 10.0. The number of halogens is 1. The predicted octanol–water partition coefficient (Wildman–Crippen LogP) is 4.42. The van der Waals surface area contributed by atoms with E-state index in [0.29, 0.717) is 11.4 Å². The molecule has 0 fully saturated rings. The summed E-state index contributed by atoms with van der Waals surface area (Å²) in [6, 6.07) is 11.3. The molecular formula is C17H19FN2O2. The maximum Gasteiger partial charge on any atom is 0.412 e. The molecule has 2 rings (SSSR count). The van der Waals surface area contributed by atoms with Gasteiger partial charge in [-0.25, -0.2) is 9.18 Å². The van der Waals surface area contributed by atoms with Gasteiger partial charge in [0.15, 0.2) is 0 Å². The first-order valence-corrected chi connectivity index (χ1v) is 6.90. The molecule has 0 aliphatic carbocycles. The van der Waals surface area contributed by atoms with Crippen molar-refractivity contribution < 1.29 is 13.9 Å². The van der Waals surface area contributed by atoms with E-state index in [4.69, 9.17) is 10.5 Å². The Morgan fingerprint density at radius 2 is 1.77 bits per heavy atom. The SMILES string of the molecule is CC(C)(C)OC(=O)Nc1ccc(-c2ccc(F)cc2N)cc1. The third-order valence-corrected chi connectivity index (χ3v) is 2.85. The monoisotopic (exact) mass is 302 g/mol. The molecule has 0 aromatic heterocycles. The van der Waals surface area contributed by atoms with Crippen LogP contribution >= 0.6 is 0 Å². The summed E-state index contributed by atoms with van der Waals surface area (Å²) < 4.78 is 18.2. The van der Waals surface area contributed by atoms with Crippen LogP contribution in [0.5, 0.6) is 0 Å². The van der Waals surface area contributed by atoms with Crippen LogP contribution in [0.1, 0.15) is 20.8 Å². The second-order valence-electron chi connectivity index (χ2n) is 5.94. The number of ether oxygens (including phenoxy) is 1. The Hall–Kier alpha value is -2.56. The quantitative estimate of drug-likeness (QED) is 0.807. The molecule has 22 heavy (non-hydrogen) atoms. The summed E-state index contributed by atoms with van der Waals surface area (Å²) in [4.78, 5) is 11.7. The summed E-state index contributed by atoms with van der Waals surface area (Å²) in [7, 11) is 0. The van der Waals surface area contributed by atoms with Crippen molar-refractivity contribution in [1.29, 1.82) is 0 Å². The van der Waals surface area contributed by atoms with Crippen LogP contribution in [0.15, 0.2) is 42.5 Å². The van der Waals surface area contributed by atoms with Crippen LogP contribution in [0.25, 0.3) is 11.1 Å². The van der Waals surface area contributed by atoms with Gasteiger partial charge in [0.05, 0.1) is 0 Å². The van der Waals surface area contributed by atoms with Gasteiger partial charge >= 0.3 is 6.09 Å². The third kappa shape index (κ3) is 4.22. The highest BCUT2D eigenvalue weighted by Crippen LogP contribution is 2.27. The fourth-order valence-corrected chi connectivity index (χ4v) is 1.95. The second-order valence-corrected chi connectivity index (χ2v) is 5.94. The first-order valence-electron chi connectivity index (χ1n) is 6.90. The maximum absolute atomic E-state index is 13.1. The number of carbonyl (C=O) groups is 1. The van der Waals surface area contributed by atoms with E-state index in [1.807, 2.05) is 0 Å². The molecule has 0 spiro atoms. The topological polar surface area (TPSA) is 64.3 Å². The number of hydrogen-bond acceptors (Lipinski definition) is 3. The van der Waals surface area contributed by atoms with Gasteiger partial charge in [-0.05, 0) is 56.7 Å². The largest absolute Gasteiger partial charge is 0.444 e. The molecule has 0 radical (unpaired) electrons. The zero-order valence-corrected chi connectivity index (χ0v) is 12.8. The van der Waals surface area contributed by atoms with Crippen molar-refractivity contribution in [2.45, 2.75) is 26.4 Å². The van der Waals surface area contributed by atoms with E-state index < -0.39 is 11.7 Å². The highest BCUT2D eigenvalue weighted by atomic mass is 19.1. The van der Waals surface area contributed by atoms with E-state index in [2.05, 4.69) is 5.32 Å². The number of nitrogen functional groups attached to an aromatic ring is 1. The van der Waals surface area contributed by atoms with Gasteiger partial charge in [-0.1, -0.05) is 12.1 Å². The van der Waals surface area contributed by atoms with E-state index in [1.165, 1.54) is 12.1 Å². The van der Waals surface area contributed by atoms with Crippen LogP contribution in [0.3, 0.4) is 0 Å². The van der Waals surface area contributed by atoms with E-state index in [-0.39, 0.29) is 5.82 Å². The van der Waals surface area contributed by atoms with Crippen LogP contribution in [0, 0.1) is 5.82 Å². The molecule has 0 saturated heterocycles. The van der Waals surface area contributed by atoms with E-state index in [1.54, 1.807) is 51.1 Å². The average Bonchev–Trinajstić information content (AvgIpc) is 2.38. The first-order chi connectivity index (χ1) is 10.2. The van der Waals surface area contributed by atoms with Gasteiger partial charge in [0.25, 0.3) is 0 Å². The molecule has 0 heterocycles. The summed E-state index contributed by atoms with van der Waals surface area (Å²) in [6.07, 6.45) is -0.512. The molecule has 116 valence electrons. The van der Waals surface area contributed by atoms with Gasteiger partial charge in [0, 0.05) is 16.9 Å². The lowest BCUT2D eigenvalue weighted by molar-refractivity contribution is 0.0636. The first kappa shape index (κ1) is 15.8. The molecule has 2 aromatic rings. The molecule has 0 aliphatic heterocycles. The Balaban J connectivity index is 2.12. The Morgan fingerprint density at radius 1 is 1.14 bits per heavy atom. The molecule has 5 heteroatoms. The average molecular weight is 302 g/mol. The van der Waals surface area contributed by atoms with Crippen molar-refractivity contribution in [2.75, 3.05) is 11.1 Å². The van der Waals surface area contributed by atoms with Crippen LogP contribution in [-0.2, 0) is 4.74 Å². The van der Waals surface area contributed by atoms with Gasteiger partial charge in [0.2, 0.25) is 0 Å². The number of carbonyl (C=O) groups excluding carboxylic acids is 1. The molecule has 1 amide bonds. The zero-order chi connectivity index (χ0) is 16.3. The van der Waals surface area contributed by atoms with Crippen molar-refractivity contribution in [3.63, 3.8) is 0 Å². The van der Waals surface area contributed by atoms with Crippen molar-refractivity contribution in [2.24, 2.45) is 0 Å². The standard InChI is InChI=1S/C17H19FN2O2/c1-17(2,3)22-16(21)20-13-7-4-11(5-8-13)14-9-6-12(18)10-15(14)19/h4-10H,19H2,1-3H3,(H,20,21). The van der Waals surface area contributed by atoms with E-state index in [9.17, 15) is 9.18 Å².